The molecule has 164 valence electrons. The van der Waals surface area contributed by atoms with Gasteiger partial charge in [0.2, 0.25) is 5.91 Å². The van der Waals surface area contributed by atoms with Crippen molar-refractivity contribution < 1.29 is 4.79 Å². The SMILES string of the molecule is CC1CC(c2cnn(C)c2-c2ccc3ccccc3c2C#N)CC2C(CN)NNC(=O)C12. The molecule has 1 saturated carbocycles. The number of aromatic nitrogens is 2. The number of benzene rings is 2. The molecule has 2 heterocycles. The maximum absolute atomic E-state index is 12.6. The van der Waals surface area contributed by atoms with Gasteiger partial charge < -0.3 is 5.73 Å². The Morgan fingerprint density at radius 2 is 2.06 bits per heavy atom. The second-order valence-corrected chi connectivity index (χ2v) is 9.20. The molecule has 2 fully saturated rings. The Labute approximate surface area is 187 Å². The van der Waals surface area contributed by atoms with E-state index in [-0.39, 0.29) is 35.6 Å². The number of carbonyl (C=O) groups is 1. The van der Waals surface area contributed by atoms with Crippen LogP contribution in [0, 0.1) is 29.1 Å². The first-order chi connectivity index (χ1) is 15.5. The number of carbonyl (C=O) groups excluding carboxylic acids is 1. The summed E-state index contributed by atoms with van der Waals surface area (Å²) in [6.07, 6.45) is 3.71. The largest absolute Gasteiger partial charge is 0.329 e. The molecule has 5 atom stereocenters. The van der Waals surface area contributed by atoms with Crippen LogP contribution in [0.3, 0.4) is 0 Å². The first-order valence-corrected chi connectivity index (χ1v) is 11.2. The summed E-state index contributed by atoms with van der Waals surface area (Å²) < 4.78 is 1.88. The zero-order valence-electron chi connectivity index (χ0n) is 18.4. The van der Waals surface area contributed by atoms with Crippen molar-refractivity contribution in [2.75, 3.05) is 6.54 Å². The quantitative estimate of drug-likeness (QED) is 0.594. The number of nitrogens with two attached hydrogens (primary N) is 1. The third kappa shape index (κ3) is 3.19. The molecule has 1 aromatic heterocycles. The minimum absolute atomic E-state index is 0.0310. The number of amides is 1. The number of rotatable bonds is 3. The van der Waals surface area contributed by atoms with Crippen LogP contribution in [0.5, 0.6) is 0 Å². The summed E-state index contributed by atoms with van der Waals surface area (Å²) in [6.45, 7) is 2.64. The van der Waals surface area contributed by atoms with E-state index < -0.39 is 0 Å². The molecule has 7 nitrogen and oxygen atoms in total. The summed E-state index contributed by atoms with van der Waals surface area (Å²) >= 11 is 0. The third-order valence-electron chi connectivity index (χ3n) is 7.44. The zero-order chi connectivity index (χ0) is 22.4. The standard InChI is InChI=1S/C25H28N6O/c1-14-9-16(10-19-22(12-27)29-30-25(32)23(14)19)21-13-28-31(2)24(21)18-8-7-15-5-3-4-6-17(15)20(18)11-26/h3-8,13-14,16,19,22-23,29H,9-10,12,27H2,1-2H3,(H,30,32). The van der Waals surface area contributed by atoms with E-state index in [1.807, 2.05) is 48.3 Å². The van der Waals surface area contributed by atoms with Crippen molar-refractivity contribution in [3.05, 3.63) is 53.7 Å². The third-order valence-corrected chi connectivity index (χ3v) is 7.44. The van der Waals surface area contributed by atoms with Crippen LogP contribution in [0.2, 0.25) is 0 Å². The van der Waals surface area contributed by atoms with Crippen LogP contribution in [0.25, 0.3) is 22.0 Å². The Balaban J connectivity index is 1.59. The minimum atomic E-state index is -0.0310. The molecule has 5 rings (SSSR count). The molecule has 1 aliphatic heterocycles. The molecule has 3 aromatic rings. The van der Waals surface area contributed by atoms with Crippen molar-refractivity contribution in [2.24, 2.45) is 30.5 Å². The Kier molecular flexibility index (Phi) is 5.20. The molecule has 1 saturated heterocycles. The van der Waals surface area contributed by atoms with Crippen LogP contribution in [0.15, 0.2) is 42.6 Å². The molecular formula is C25H28N6O. The molecule has 7 heteroatoms. The van der Waals surface area contributed by atoms with Gasteiger partial charge in [0.25, 0.3) is 0 Å². The summed E-state index contributed by atoms with van der Waals surface area (Å²) in [7, 11) is 1.93. The maximum atomic E-state index is 12.6. The molecule has 4 N–H and O–H groups in total. The summed E-state index contributed by atoms with van der Waals surface area (Å²) in [5, 5.41) is 16.7. The Morgan fingerprint density at radius 1 is 1.25 bits per heavy atom. The van der Waals surface area contributed by atoms with Crippen molar-refractivity contribution in [1.82, 2.24) is 20.6 Å². The molecule has 0 spiro atoms. The van der Waals surface area contributed by atoms with Crippen molar-refractivity contribution >= 4 is 16.7 Å². The van der Waals surface area contributed by atoms with Crippen LogP contribution in [0.1, 0.15) is 36.8 Å². The van der Waals surface area contributed by atoms with E-state index in [9.17, 15) is 10.1 Å². The van der Waals surface area contributed by atoms with E-state index in [0.717, 1.165) is 40.4 Å². The molecule has 2 aliphatic rings. The van der Waals surface area contributed by atoms with Gasteiger partial charge in [-0.25, -0.2) is 5.43 Å². The monoisotopic (exact) mass is 428 g/mol. The van der Waals surface area contributed by atoms with Gasteiger partial charge in [0.05, 0.1) is 17.5 Å². The van der Waals surface area contributed by atoms with Crippen molar-refractivity contribution in [3.8, 4) is 17.3 Å². The highest BCUT2D eigenvalue weighted by molar-refractivity contribution is 5.94. The first kappa shape index (κ1) is 20.7. The lowest BCUT2D eigenvalue weighted by atomic mass is 9.63. The van der Waals surface area contributed by atoms with Gasteiger partial charge in [0, 0.05) is 42.1 Å². The number of hydrazine groups is 1. The van der Waals surface area contributed by atoms with E-state index in [4.69, 9.17) is 5.73 Å². The second kappa shape index (κ2) is 8.05. The highest BCUT2D eigenvalue weighted by Gasteiger charge is 2.46. The molecule has 1 aliphatic carbocycles. The molecule has 0 bridgehead atoms. The number of aryl methyl sites for hydroxylation is 1. The number of fused-ring (bicyclic) bond motifs is 2. The van der Waals surface area contributed by atoms with Crippen molar-refractivity contribution in [3.63, 3.8) is 0 Å². The summed E-state index contributed by atoms with van der Waals surface area (Å²) in [6, 6.07) is 14.6. The molecule has 0 radical (unpaired) electrons. The van der Waals surface area contributed by atoms with Gasteiger partial charge in [-0.05, 0) is 36.0 Å². The van der Waals surface area contributed by atoms with E-state index in [2.05, 4.69) is 35.0 Å². The highest BCUT2D eigenvalue weighted by Crippen LogP contribution is 2.47. The highest BCUT2D eigenvalue weighted by atomic mass is 16.2. The summed E-state index contributed by atoms with van der Waals surface area (Å²) in [4.78, 5) is 12.6. The lowest BCUT2D eigenvalue weighted by molar-refractivity contribution is -0.136. The van der Waals surface area contributed by atoms with Crippen LogP contribution in [-0.2, 0) is 11.8 Å². The fourth-order valence-corrected chi connectivity index (χ4v) is 5.97. The second-order valence-electron chi connectivity index (χ2n) is 9.20. The minimum Gasteiger partial charge on any atom is -0.329 e. The van der Waals surface area contributed by atoms with Crippen molar-refractivity contribution in [2.45, 2.75) is 31.7 Å². The van der Waals surface area contributed by atoms with Gasteiger partial charge in [-0.2, -0.15) is 10.4 Å². The molecular weight excluding hydrogens is 400 g/mol. The average Bonchev–Trinajstić information content (AvgIpc) is 3.19. The van der Waals surface area contributed by atoms with Gasteiger partial charge in [-0.15, -0.1) is 0 Å². The van der Waals surface area contributed by atoms with E-state index in [1.165, 1.54) is 0 Å². The van der Waals surface area contributed by atoms with E-state index in [1.54, 1.807) is 0 Å². The van der Waals surface area contributed by atoms with Gasteiger partial charge >= 0.3 is 0 Å². The van der Waals surface area contributed by atoms with Crippen LogP contribution in [-0.4, -0.2) is 28.3 Å². The Morgan fingerprint density at radius 3 is 2.84 bits per heavy atom. The zero-order valence-corrected chi connectivity index (χ0v) is 18.4. The Bertz CT molecular complexity index is 1220. The average molecular weight is 429 g/mol. The number of nitrogens with zero attached hydrogens (tertiary/aromatic N) is 3. The Hall–Kier alpha value is -3.21. The normalized spacial score (nSPS) is 27.6. The molecule has 5 unspecified atom stereocenters. The number of nitrogens with one attached hydrogen (secondary N) is 2. The predicted molar refractivity (Wildman–Crippen MR) is 123 cm³/mol. The van der Waals surface area contributed by atoms with Crippen LogP contribution < -0.4 is 16.6 Å². The van der Waals surface area contributed by atoms with Gasteiger partial charge in [0.15, 0.2) is 0 Å². The lowest BCUT2D eigenvalue weighted by Crippen LogP contribution is -2.63. The number of hydrogen-bond donors (Lipinski definition) is 3. The summed E-state index contributed by atoms with van der Waals surface area (Å²) in [5.74, 6) is 0.683. The van der Waals surface area contributed by atoms with Gasteiger partial charge in [-0.3, -0.25) is 14.9 Å². The van der Waals surface area contributed by atoms with Crippen LogP contribution >= 0.6 is 0 Å². The van der Waals surface area contributed by atoms with E-state index in [0.29, 0.717) is 12.1 Å². The lowest BCUT2D eigenvalue weighted by Gasteiger charge is -2.46. The molecule has 1 amide bonds. The van der Waals surface area contributed by atoms with Crippen molar-refractivity contribution in [1.29, 1.82) is 5.26 Å². The first-order valence-electron chi connectivity index (χ1n) is 11.2. The smallest absolute Gasteiger partial charge is 0.237 e. The number of hydrogen-bond acceptors (Lipinski definition) is 5. The topological polar surface area (TPSA) is 109 Å². The molecule has 32 heavy (non-hydrogen) atoms. The maximum Gasteiger partial charge on any atom is 0.237 e. The molecule has 2 aromatic carbocycles. The predicted octanol–water partition coefficient (Wildman–Crippen LogP) is 2.82. The summed E-state index contributed by atoms with van der Waals surface area (Å²) in [5.41, 5.74) is 15.7. The van der Waals surface area contributed by atoms with Gasteiger partial charge in [0.1, 0.15) is 6.07 Å². The fourth-order valence-electron chi connectivity index (χ4n) is 5.97. The fraction of sp³-hybridized carbons (Fsp3) is 0.400. The number of nitriles is 1. The van der Waals surface area contributed by atoms with Crippen LogP contribution in [0.4, 0.5) is 0 Å². The van der Waals surface area contributed by atoms with E-state index >= 15 is 0 Å². The van der Waals surface area contributed by atoms with Gasteiger partial charge in [-0.1, -0.05) is 43.3 Å².